The summed E-state index contributed by atoms with van der Waals surface area (Å²) in [5, 5.41) is 10.3. The normalized spacial score (nSPS) is 14.5. The lowest BCUT2D eigenvalue weighted by atomic mass is 10.1. The number of thioether (sulfide) groups is 1. The summed E-state index contributed by atoms with van der Waals surface area (Å²) in [6.45, 7) is 5.85. The maximum atomic E-state index is 12.9. The number of aromatic nitrogens is 3. The largest absolute Gasteiger partial charge is 0.342 e. The molecule has 1 aliphatic rings. The Balaban J connectivity index is 1.69. The predicted molar refractivity (Wildman–Crippen MR) is 127 cm³/mol. The summed E-state index contributed by atoms with van der Waals surface area (Å²) in [6.07, 6.45) is 4.59. The Labute approximate surface area is 192 Å². The van der Waals surface area contributed by atoms with Crippen LogP contribution >= 0.6 is 23.4 Å². The molecule has 1 aromatic heterocycles. The topological polar surface area (TPSA) is 51.0 Å². The molecule has 0 spiro atoms. The molecule has 0 bridgehead atoms. The Morgan fingerprint density at radius 1 is 1.03 bits per heavy atom. The van der Waals surface area contributed by atoms with E-state index in [9.17, 15) is 4.79 Å². The van der Waals surface area contributed by atoms with Gasteiger partial charge >= 0.3 is 0 Å². The summed E-state index contributed by atoms with van der Waals surface area (Å²) in [5.74, 6) is 1.21. The summed E-state index contributed by atoms with van der Waals surface area (Å²) in [7, 11) is 0. The second-order valence-corrected chi connectivity index (χ2v) is 9.34. The van der Waals surface area contributed by atoms with Crippen LogP contribution in [0.3, 0.4) is 0 Å². The number of aryl methyl sites for hydroxylation is 2. The van der Waals surface area contributed by atoms with E-state index in [4.69, 9.17) is 11.6 Å². The minimum absolute atomic E-state index is 0.168. The molecule has 5 nitrogen and oxygen atoms in total. The molecular formula is C24H27ClN4OS. The molecule has 7 heteroatoms. The molecule has 2 heterocycles. The predicted octanol–water partition coefficient (Wildman–Crippen LogP) is 5.70. The van der Waals surface area contributed by atoms with E-state index < -0.39 is 0 Å². The van der Waals surface area contributed by atoms with Crippen LogP contribution in [0, 0.1) is 13.8 Å². The Morgan fingerprint density at radius 2 is 1.77 bits per heavy atom. The number of hydrogen-bond donors (Lipinski definition) is 0. The van der Waals surface area contributed by atoms with Crippen LogP contribution in [-0.2, 0) is 4.79 Å². The number of nitrogens with zero attached hydrogens (tertiary/aromatic N) is 4. The second kappa shape index (κ2) is 9.88. The Bertz CT molecular complexity index is 1070. The van der Waals surface area contributed by atoms with Crippen LogP contribution in [0.25, 0.3) is 17.1 Å². The lowest BCUT2D eigenvalue weighted by Gasteiger charge is -2.20. The van der Waals surface area contributed by atoms with E-state index in [1.807, 2.05) is 33.7 Å². The van der Waals surface area contributed by atoms with Gasteiger partial charge in [0.1, 0.15) is 0 Å². The van der Waals surface area contributed by atoms with Gasteiger partial charge < -0.3 is 4.90 Å². The maximum absolute atomic E-state index is 12.9. The van der Waals surface area contributed by atoms with Gasteiger partial charge in [0.2, 0.25) is 5.91 Å². The number of carbonyl (C=O) groups excluding carboxylic acids is 1. The molecule has 3 aromatic rings. The molecule has 1 amide bonds. The van der Waals surface area contributed by atoms with E-state index in [0.29, 0.717) is 21.8 Å². The molecule has 4 rings (SSSR count). The third-order valence-electron chi connectivity index (χ3n) is 5.64. The molecule has 0 atom stereocenters. The summed E-state index contributed by atoms with van der Waals surface area (Å²) in [5.41, 5.74) is 4.09. The average Bonchev–Trinajstić information content (AvgIpc) is 2.98. The fraction of sp³-hybridized carbons (Fsp3) is 0.375. The third kappa shape index (κ3) is 4.96. The van der Waals surface area contributed by atoms with Crippen molar-refractivity contribution in [2.45, 2.75) is 44.7 Å². The highest BCUT2D eigenvalue weighted by molar-refractivity contribution is 7.99. The zero-order valence-electron chi connectivity index (χ0n) is 18.0. The number of amides is 1. The summed E-state index contributed by atoms with van der Waals surface area (Å²) < 4.78 is 2.03. The number of halogens is 1. The molecule has 0 radical (unpaired) electrons. The molecule has 0 saturated carbocycles. The Hall–Kier alpha value is -2.31. The minimum atomic E-state index is 0.168. The smallest absolute Gasteiger partial charge is 0.233 e. The van der Waals surface area contributed by atoms with Gasteiger partial charge in [-0.25, -0.2) is 0 Å². The van der Waals surface area contributed by atoms with Gasteiger partial charge in [-0.15, -0.1) is 10.2 Å². The van der Waals surface area contributed by atoms with E-state index in [0.717, 1.165) is 48.3 Å². The van der Waals surface area contributed by atoms with Crippen molar-refractivity contribution in [1.82, 2.24) is 19.7 Å². The van der Waals surface area contributed by atoms with Gasteiger partial charge in [-0.2, -0.15) is 0 Å². The van der Waals surface area contributed by atoms with Crippen molar-refractivity contribution >= 4 is 29.3 Å². The zero-order chi connectivity index (χ0) is 21.8. The standard InChI is InChI=1S/C24H27ClN4OS/c1-17-11-12-18(2)21(15-17)29-23(19-9-5-6-10-20(19)25)26-27-24(29)31-16-22(30)28-13-7-3-4-8-14-28/h5-6,9-12,15H,3-4,7-8,13-14,16H2,1-2H3. The van der Waals surface area contributed by atoms with Crippen LogP contribution in [0.2, 0.25) is 5.02 Å². The molecule has 0 unspecified atom stereocenters. The Morgan fingerprint density at radius 3 is 2.52 bits per heavy atom. The van der Waals surface area contributed by atoms with Crippen LogP contribution < -0.4 is 0 Å². The summed E-state index contributed by atoms with van der Waals surface area (Å²) in [6, 6.07) is 14.0. The molecular weight excluding hydrogens is 428 g/mol. The molecule has 1 fully saturated rings. The zero-order valence-corrected chi connectivity index (χ0v) is 19.5. The van der Waals surface area contributed by atoms with Crippen LogP contribution in [0.15, 0.2) is 47.6 Å². The van der Waals surface area contributed by atoms with Gasteiger partial charge in [0.15, 0.2) is 11.0 Å². The van der Waals surface area contributed by atoms with Gasteiger partial charge in [0.05, 0.1) is 16.5 Å². The van der Waals surface area contributed by atoms with Crippen molar-refractivity contribution in [1.29, 1.82) is 0 Å². The van der Waals surface area contributed by atoms with Crippen LogP contribution in [0.1, 0.15) is 36.8 Å². The van der Waals surface area contributed by atoms with Crippen molar-refractivity contribution in [2.24, 2.45) is 0 Å². The van der Waals surface area contributed by atoms with Gasteiger partial charge in [-0.05, 0) is 56.0 Å². The number of benzene rings is 2. The maximum Gasteiger partial charge on any atom is 0.233 e. The fourth-order valence-corrected chi connectivity index (χ4v) is 4.96. The van der Waals surface area contributed by atoms with Crippen LogP contribution in [0.4, 0.5) is 0 Å². The SMILES string of the molecule is Cc1ccc(C)c(-n2c(SCC(=O)N3CCCCCC3)nnc2-c2ccccc2Cl)c1. The molecule has 31 heavy (non-hydrogen) atoms. The van der Waals surface area contributed by atoms with E-state index >= 15 is 0 Å². The van der Waals surface area contributed by atoms with Crippen molar-refractivity contribution in [3.63, 3.8) is 0 Å². The Kier molecular flexibility index (Phi) is 6.98. The van der Waals surface area contributed by atoms with E-state index in [-0.39, 0.29) is 5.91 Å². The summed E-state index contributed by atoms with van der Waals surface area (Å²) in [4.78, 5) is 14.8. The van der Waals surface area contributed by atoms with Gasteiger partial charge in [0.25, 0.3) is 0 Å². The molecule has 0 N–H and O–H groups in total. The van der Waals surface area contributed by atoms with Crippen LogP contribution in [-0.4, -0.2) is 44.4 Å². The number of hydrogen-bond acceptors (Lipinski definition) is 4. The molecule has 1 aliphatic heterocycles. The number of carbonyl (C=O) groups is 1. The number of likely N-dealkylation sites (tertiary alicyclic amines) is 1. The van der Waals surface area contributed by atoms with Crippen molar-refractivity contribution in [3.8, 4) is 17.1 Å². The first-order valence-electron chi connectivity index (χ1n) is 10.7. The second-order valence-electron chi connectivity index (χ2n) is 8.00. The van der Waals surface area contributed by atoms with Crippen molar-refractivity contribution in [2.75, 3.05) is 18.8 Å². The first-order valence-corrected chi connectivity index (χ1v) is 12.1. The average molecular weight is 455 g/mol. The van der Waals surface area contributed by atoms with Crippen molar-refractivity contribution in [3.05, 3.63) is 58.6 Å². The highest BCUT2D eigenvalue weighted by Gasteiger charge is 2.22. The monoisotopic (exact) mass is 454 g/mol. The highest BCUT2D eigenvalue weighted by atomic mass is 35.5. The lowest BCUT2D eigenvalue weighted by molar-refractivity contribution is -0.128. The van der Waals surface area contributed by atoms with E-state index in [2.05, 4.69) is 42.2 Å². The van der Waals surface area contributed by atoms with Gasteiger partial charge in [-0.3, -0.25) is 9.36 Å². The first-order chi connectivity index (χ1) is 15.0. The van der Waals surface area contributed by atoms with E-state index in [1.165, 1.54) is 24.6 Å². The first kappa shape index (κ1) is 21.9. The molecule has 1 saturated heterocycles. The van der Waals surface area contributed by atoms with Crippen LogP contribution in [0.5, 0.6) is 0 Å². The summed E-state index contributed by atoms with van der Waals surface area (Å²) >= 11 is 7.94. The minimum Gasteiger partial charge on any atom is -0.342 e. The van der Waals surface area contributed by atoms with Gasteiger partial charge in [0, 0.05) is 18.7 Å². The molecule has 162 valence electrons. The van der Waals surface area contributed by atoms with Gasteiger partial charge in [-0.1, -0.05) is 60.5 Å². The molecule has 0 aliphatic carbocycles. The quantitative estimate of drug-likeness (QED) is 0.464. The van der Waals surface area contributed by atoms with E-state index in [1.54, 1.807) is 0 Å². The van der Waals surface area contributed by atoms with Crippen molar-refractivity contribution < 1.29 is 4.79 Å². The number of rotatable bonds is 5. The third-order valence-corrected chi connectivity index (χ3v) is 6.88. The lowest BCUT2D eigenvalue weighted by Crippen LogP contribution is -2.33. The fourth-order valence-electron chi connectivity index (χ4n) is 3.90. The molecule has 2 aromatic carbocycles. The highest BCUT2D eigenvalue weighted by Crippen LogP contribution is 2.33.